The first-order chi connectivity index (χ1) is 22.4. The Labute approximate surface area is 270 Å². The second-order valence-corrected chi connectivity index (χ2v) is 12.4. The highest BCUT2D eigenvalue weighted by Gasteiger charge is 2.43. The molecule has 2 aromatic carbocycles. The van der Waals surface area contributed by atoms with Gasteiger partial charge in [0.2, 0.25) is 5.91 Å². The first-order valence-electron chi connectivity index (χ1n) is 14.9. The first kappa shape index (κ1) is 34.9. The molecule has 1 aromatic heterocycles. The number of hydrogen-bond donors (Lipinski definition) is 4. The molecule has 4 N–H and O–H groups in total. The number of hydrogen-bond acceptors (Lipinski definition) is 9. The number of anilines is 1. The molecule has 47 heavy (non-hydrogen) atoms. The lowest BCUT2D eigenvalue weighted by Crippen LogP contribution is -2.44. The van der Waals surface area contributed by atoms with Gasteiger partial charge in [-0.05, 0) is 42.8 Å². The predicted molar refractivity (Wildman–Crippen MR) is 166 cm³/mol. The van der Waals surface area contributed by atoms with Crippen molar-refractivity contribution < 1.29 is 51.8 Å². The van der Waals surface area contributed by atoms with E-state index in [4.69, 9.17) is 14.6 Å². The molecule has 1 unspecified atom stereocenters. The topological polar surface area (TPSA) is 215 Å². The Kier molecular flexibility index (Phi) is 11.6. The minimum atomic E-state index is -4.68. The molecule has 0 aliphatic carbocycles. The molecular formula is C31H36N4O11S. The van der Waals surface area contributed by atoms with Gasteiger partial charge in [0, 0.05) is 12.6 Å². The Bertz CT molecular complexity index is 1690. The highest BCUT2D eigenvalue weighted by Crippen LogP contribution is 2.30. The van der Waals surface area contributed by atoms with Crippen LogP contribution in [0.4, 0.5) is 5.82 Å². The third kappa shape index (κ3) is 9.29. The fourth-order valence-electron chi connectivity index (χ4n) is 5.30. The summed E-state index contributed by atoms with van der Waals surface area (Å²) in [6.07, 6.45) is 5.89. The molecule has 3 atom stereocenters. The molecule has 0 saturated carbocycles. The van der Waals surface area contributed by atoms with Crippen LogP contribution < -0.4 is 14.8 Å². The second-order valence-electron chi connectivity index (χ2n) is 11.0. The Balaban J connectivity index is 1.51. The summed E-state index contributed by atoms with van der Waals surface area (Å²) >= 11 is 0. The van der Waals surface area contributed by atoms with Gasteiger partial charge in [-0.1, -0.05) is 44.7 Å². The van der Waals surface area contributed by atoms with E-state index >= 15 is 0 Å². The molecule has 15 nitrogen and oxygen atoms in total. The van der Waals surface area contributed by atoms with Crippen LogP contribution in [0.5, 0.6) is 11.5 Å². The van der Waals surface area contributed by atoms with Crippen LogP contribution in [-0.4, -0.2) is 86.7 Å². The van der Waals surface area contributed by atoms with Gasteiger partial charge in [0.25, 0.3) is 16.0 Å². The molecule has 16 heteroatoms. The standard InChI is InChI=1S/C31H36N4O11S/c1-2-3-4-5-9-24(34-17-27(32-19-34)33-29(38)23-8-6-7-10-26(23)47(42,43)44)30(39)35-16-22(15-25(35)31(40)41)46-21-13-11-20(12-14-21)45-18-28(36)37/h6-8,10-14,17,19,22,24-25H,2-5,9,15-16,18H2,1H3,(H,33,38)(H,36,37)(H,40,41)(H,42,43,44)/t22-,24?,25-/m0/s1. The molecule has 4 rings (SSSR count). The molecule has 1 aliphatic rings. The van der Waals surface area contributed by atoms with Crippen LogP contribution in [0.25, 0.3) is 0 Å². The van der Waals surface area contributed by atoms with Crippen molar-refractivity contribution in [3.8, 4) is 11.5 Å². The van der Waals surface area contributed by atoms with Crippen molar-refractivity contribution in [3.05, 3.63) is 66.6 Å². The van der Waals surface area contributed by atoms with Crippen molar-refractivity contribution in [3.63, 3.8) is 0 Å². The van der Waals surface area contributed by atoms with E-state index in [1.165, 1.54) is 52.3 Å². The number of unbranched alkanes of at least 4 members (excludes halogenated alkanes) is 3. The third-order valence-corrected chi connectivity index (χ3v) is 8.46. The molecule has 0 radical (unpaired) electrons. The largest absolute Gasteiger partial charge is 0.488 e. The van der Waals surface area contributed by atoms with Crippen LogP contribution >= 0.6 is 0 Å². The molecule has 1 aliphatic heterocycles. The number of carboxylic acid groups (broad SMARTS) is 2. The Hall–Kier alpha value is -4.96. The normalized spacial score (nSPS) is 16.8. The number of likely N-dealkylation sites (tertiary alicyclic amines) is 1. The number of benzene rings is 2. The number of carboxylic acids is 2. The van der Waals surface area contributed by atoms with Gasteiger partial charge in [-0.25, -0.2) is 14.6 Å². The van der Waals surface area contributed by atoms with E-state index in [2.05, 4.69) is 10.3 Å². The molecule has 0 spiro atoms. The smallest absolute Gasteiger partial charge is 0.341 e. The highest BCUT2D eigenvalue weighted by molar-refractivity contribution is 7.86. The van der Waals surface area contributed by atoms with Crippen LogP contribution in [0, 0.1) is 0 Å². The van der Waals surface area contributed by atoms with E-state index in [1.54, 1.807) is 12.1 Å². The average Bonchev–Trinajstić information content (AvgIpc) is 3.67. The van der Waals surface area contributed by atoms with Gasteiger partial charge in [-0.3, -0.25) is 14.1 Å². The molecular weight excluding hydrogens is 636 g/mol. The number of carbonyl (C=O) groups excluding carboxylic acids is 2. The number of aliphatic carboxylic acids is 2. The summed E-state index contributed by atoms with van der Waals surface area (Å²) in [7, 11) is -4.68. The third-order valence-electron chi connectivity index (χ3n) is 7.55. The highest BCUT2D eigenvalue weighted by atomic mass is 32.2. The van der Waals surface area contributed by atoms with E-state index in [1.807, 2.05) is 6.92 Å². The number of nitrogens with zero attached hydrogens (tertiary/aromatic N) is 3. The summed E-state index contributed by atoms with van der Waals surface area (Å²) in [5, 5.41) is 21.3. The lowest BCUT2D eigenvalue weighted by atomic mass is 10.1. The summed E-state index contributed by atoms with van der Waals surface area (Å²) in [6, 6.07) is 9.25. The van der Waals surface area contributed by atoms with Crippen LogP contribution in [0.2, 0.25) is 0 Å². The number of ether oxygens (including phenoxy) is 2. The van der Waals surface area contributed by atoms with Gasteiger partial charge in [0.1, 0.15) is 34.6 Å². The number of rotatable bonds is 16. The monoisotopic (exact) mass is 672 g/mol. The number of carbonyl (C=O) groups is 4. The van der Waals surface area contributed by atoms with E-state index < -0.39 is 63.6 Å². The van der Waals surface area contributed by atoms with Crippen molar-refractivity contribution in [2.24, 2.45) is 0 Å². The second kappa shape index (κ2) is 15.6. The zero-order chi connectivity index (χ0) is 34.1. The SMILES string of the molecule is CCCCCCC(C(=O)N1C[C@@H](Oc2ccc(OCC(=O)O)cc2)C[C@H]1C(=O)O)n1cnc(NC(=O)c2ccccc2S(=O)(=O)O)c1. The van der Waals surface area contributed by atoms with Crippen molar-refractivity contribution in [2.75, 3.05) is 18.5 Å². The Morgan fingerprint density at radius 3 is 2.38 bits per heavy atom. The van der Waals surface area contributed by atoms with E-state index in [0.717, 1.165) is 25.3 Å². The van der Waals surface area contributed by atoms with Gasteiger partial charge in [-0.15, -0.1) is 0 Å². The van der Waals surface area contributed by atoms with Crippen LogP contribution in [0.1, 0.15) is 61.8 Å². The van der Waals surface area contributed by atoms with E-state index in [-0.39, 0.29) is 24.3 Å². The van der Waals surface area contributed by atoms with Gasteiger partial charge in [0.15, 0.2) is 12.4 Å². The Morgan fingerprint density at radius 2 is 1.72 bits per heavy atom. The molecule has 0 bridgehead atoms. The summed E-state index contributed by atoms with van der Waals surface area (Å²) in [5.41, 5.74) is -0.299. The van der Waals surface area contributed by atoms with Gasteiger partial charge < -0.3 is 34.5 Å². The maximum atomic E-state index is 14.0. The number of imidazole rings is 1. The maximum absolute atomic E-state index is 14.0. The molecule has 2 heterocycles. The van der Waals surface area contributed by atoms with Gasteiger partial charge in [0.05, 0.1) is 18.4 Å². The van der Waals surface area contributed by atoms with Crippen molar-refractivity contribution in [1.82, 2.24) is 14.5 Å². The fourth-order valence-corrected chi connectivity index (χ4v) is 5.99. The quantitative estimate of drug-likeness (QED) is 0.127. The molecule has 252 valence electrons. The van der Waals surface area contributed by atoms with Crippen LogP contribution in [0.3, 0.4) is 0 Å². The predicted octanol–water partition coefficient (Wildman–Crippen LogP) is 3.49. The summed E-state index contributed by atoms with van der Waals surface area (Å²) < 4.78 is 45.6. The van der Waals surface area contributed by atoms with Crippen molar-refractivity contribution in [1.29, 1.82) is 0 Å². The summed E-state index contributed by atoms with van der Waals surface area (Å²) in [4.78, 5) is 54.8. The molecule has 1 saturated heterocycles. The lowest BCUT2D eigenvalue weighted by Gasteiger charge is -2.27. The van der Waals surface area contributed by atoms with Crippen LogP contribution in [0.15, 0.2) is 66.0 Å². The summed E-state index contributed by atoms with van der Waals surface area (Å²) in [5.74, 6) is -2.91. The molecule has 3 aromatic rings. The fraction of sp³-hybridized carbons (Fsp3) is 0.387. The van der Waals surface area contributed by atoms with E-state index in [0.29, 0.717) is 24.3 Å². The molecule has 2 amide bonds. The van der Waals surface area contributed by atoms with Gasteiger partial charge in [-0.2, -0.15) is 8.42 Å². The lowest BCUT2D eigenvalue weighted by molar-refractivity contribution is -0.149. The molecule has 1 fully saturated rings. The number of amides is 2. The van der Waals surface area contributed by atoms with Crippen molar-refractivity contribution >= 4 is 39.7 Å². The van der Waals surface area contributed by atoms with Gasteiger partial charge >= 0.3 is 11.9 Å². The minimum Gasteiger partial charge on any atom is -0.488 e. The van der Waals surface area contributed by atoms with E-state index in [9.17, 15) is 37.3 Å². The minimum absolute atomic E-state index is 0.0107. The number of aromatic nitrogens is 2. The average molecular weight is 673 g/mol. The summed E-state index contributed by atoms with van der Waals surface area (Å²) in [6.45, 7) is 1.53. The maximum Gasteiger partial charge on any atom is 0.341 e. The Morgan fingerprint density at radius 1 is 1.02 bits per heavy atom. The van der Waals surface area contributed by atoms with Crippen LogP contribution in [-0.2, 0) is 24.5 Å². The number of nitrogens with one attached hydrogen (secondary N) is 1. The zero-order valence-corrected chi connectivity index (χ0v) is 26.3. The first-order valence-corrected chi connectivity index (χ1v) is 16.4. The zero-order valence-electron chi connectivity index (χ0n) is 25.5. The van der Waals surface area contributed by atoms with Crippen molar-refractivity contribution in [2.45, 2.75) is 68.5 Å².